The Morgan fingerprint density at radius 1 is 1.38 bits per heavy atom. The Kier molecular flexibility index (Phi) is 2.16. The third-order valence-corrected chi connectivity index (χ3v) is 4.11. The van der Waals surface area contributed by atoms with Gasteiger partial charge >= 0.3 is 0 Å². The van der Waals surface area contributed by atoms with E-state index in [0.717, 1.165) is 24.4 Å². The monoisotopic (exact) mass is 218 g/mol. The van der Waals surface area contributed by atoms with E-state index < -0.39 is 0 Å². The van der Waals surface area contributed by atoms with Gasteiger partial charge in [-0.15, -0.1) is 0 Å². The highest BCUT2D eigenvalue weighted by Gasteiger charge is 2.42. The fourth-order valence-electron chi connectivity index (χ4n) is 2.62. The van der Waals surface area contributed by atoms with Crippen LogP contribution in [-0.4, -0.2) is 9.97 Å². The van der Waals surface area contributed by atoms with Gasteiger partial charge in [0.15, 0.2) is 0 Å². The molecule has 0 spiro atoms. The molecule has 1 N–H and O–H groups in total. The Labute approximate surface area is 95.3 Å². The maximum Gasteiger partial charge on any atom is 0.251 e. The minimum Gasteiger partial charge on any atom is -0.310 e. The smallest absolute Gasteiger partial charge is 0.251 e. The minimum absolute atomic E-state index is 0.0278. The Morgan fingerprint density at radius 2 is 2.06 bits per heavy atom. The fourth-order valence-corrected chi connectivity index (χ4v) is 2.62. The quantitative estimate of drug-likeness (QED) is 0.828. The first-order valence-electron chi connectivity index (χ1n) is 6.29. The van der Waals surface area contributed by atoms with Crippen molar-refractivity contribution in [3.05, 3.63) is 27.9 Å². The topological polar surface area (TPSA) is 45.8 Å². The summed E-state index contributed by atoms with van der Waals surface area (Å²) in [5.41, 5.74) is 1.22. The van der Waals surface area contributed by atoms with Crippen LogP contribution in [0.1, 0.15) is 62.9 Å². The van der Waals surface area contributed by atoms with Gasteiger partial charge in [-0.05, 0) is 25.7 Å². The Morgan fingerprint density at radius 3 is 2.69 bits per heavy atom. The third-order valence-electron chi connectivity index (χ3n) is 4.11. The first kappa shape index (κ1) is 10.1. The molecule has 3 heteroatoms. The average molecular weight is 218 g/mol. The van der Waals surface area contributed by atoms with Crippen LogP contribution in [0.5, 0.6) is 0 Å². The lowest BCUT2D eigenvalue weighted by Gasteiger charge is -2.12. The summed E-state index contributed by atoms with van der Waals surface area (Å²) in [6, 6.07) is 1.70. The summed E-state index contributed by atoms with van der Waals surface area (Å²) >= 11 is 0. The molecule has 2 aliphatic rings. The van der Waals surface area contributed by atoms with Crippen molar-refractivity contribution in [2.75, 3.05) is 0 Å². The molecule has 2 aliphatic carbocycles. The lowest BCUT2D eigenvalue weighted by Crippen LogP contribution is -2.18. The molecule has 0 unspecified atom stereocenters. The second-order valence-corrected chi connectivity index (χ2v) is 5.56. The predicted octanol–water partition coefficient (Wildman–Crippen LogP) is 2.48. The molecule has 3 nitrogen and oxygen atoms in total. The third kappa shape index (κ3) is 1.68. The number of nitrogens with zero attached hydrogens (tertiary/aromatic N) is 1. The molecule has 1 heterocycles. The summed E-state index contributed by atoms with van der Waals surface area (Å²) in [7, 11) is 0. The van der Waals surface area contributed by atoms with Crippen molar-refractivity contribution in [2.24, 2.45) is 0 Å². The molecule has 0 aromatic carbocycles. The van der Waals surface area contributed by atoms with E-state index in [2.05, 4.69) is 11.9 Å². The van der Waals surface area contributed by atoms with Crippen molar-refractivity contribution in [2.45, 2.75) is 56.8 Å². The van der Waals surface area contributed by atoms with Gasteiger partial charge in [-0.1, -0.05) is 19.8 Å². The van der Waals surface area contributed by atoms with Gasteiger partial charge in [0.1, 0.15) is 5.82 Å². The van der Waals surface area contributed by atoms with Crippen molar-refractivity contribution in [1.29, 1.82) is 0 Å². The summed E-state index contributed by atoms with van der Waals surface area (Å²) in [5.74, 6) is 1.45. The van der Waals surface area contributed by atoms with E-state index in [4.69, 9.17) is 4.98 Å². The van der Waals surface area contributed by atoms with Crippen LogP contribution in [0, 0.1) is 0 Å². The number of hydrogen-bond donors (Lipinski definition) is 1. The van der Waals surface area contributed by atoms with Crippen LogP contribution in [-0.2, 0) is 5.41 Å². The lowest BCUT2D eigenvalue weighted by atomic mass is 10.0. The van der Waals surface area contributed by atoms with E-state index in [9.17, 15) is 4.79 Å². The molecule has 3 rings (SSSR count). The van der Waals surface area contributed by atoms with Gasteiger partial charge in [0.2, 0.25) is 0 Å². The Hall–Kier alpha value is -1.12. The highest BCUT2D eigenvalue weighted by atomic mass is 16.1. The highest BCUT2D eigenvalue weighted by molar-refractivity contribution is 5.19. The highest BCUT2D eigenvalue weighted by Crippen LogP contribution is 2.46. The molecule has 0 saturated heterocycles. The summed E-state index contributed by atoms with van der Waals surface area (Å²) < 4.78 is 0. The maximum absolute atomic E-state index is 11.6. The maximum atomic E-state index is 11.6. The SMILES string of the molecule is CC1(c2nc(C3CCCC3)cc(=O)[nH]2)CC1. The van der Waals surface area contributed by atoms with E-state index in [0.29, 0.717) is 5.92 Å². The first-order valence-corrected chi connectivity index (χ1v) is 6.29. The van der Waals surface area contributed by atoms with Crippen LogP contribution in [0.2, 0.25) is 0 Å². The molecule has 86 valence electrons. The van der Waals surface area contributed by atoms with Crippen LogP contribution < -0.4 is 5.56 Å². The number of aromatic nitrogens is 2. The van der Waals surface area contributed by atoms with E-state index >= 15 is 0 Å². The average Bonchev–Trinajstić information content (AvgIpc) is 2.83. The zero-order valence-electron chi connectivity index (χ0n) is 9.75. The molecule has 0 atom stereocenters. The number of hydrogen-bond acceptors (Lipinski definition) is 2. The molecule has 1 aromatic rings. The Bertz CT molecular complexity index is 453. The zero-order valence-corrected chi connectivity index (χ0v) is 9.75. The van der Waals surface area contributed by atoms with Gasteiger partial charge in [-0.3, -0.25) is 4.79 Å². The molecule has 0 amide bonds. The number of rotatable bonds is 2. The van der Waals surface area contributed by atoms with Crippen molar-refractivity contribution in [1.82, 2.24) is 9.97 Å². The van der Waals surface area contributed by atoms with Gasteiger partial charge in [0.05, 0.1) is 5.69 Å². The second kappa shape index (κ2) is 3.44. The van der Waals surface area contributed by atoms with E-state index in [1.807, 2.05) is 0 Å². The summed E-state index contributed by atoms with van der Waals surface area (Å²) in [5, 5.41) is 0. The summed E-state index contributed by atoms with van der Waals surface area (Å²) in [6.45, 7) is 2.18. The standard InChI is InChI=1S/C13H18N2O/c1-13(6-7-13)12-14-10(8-11(16)15-12)9-4-2-3-5-9/h8-9H,2-7H2,1H3,(H,14,15,16). The fraction of sp³-hybridized carbons (Fsp3) is 0.692. The number of aromatic amines is 1. The van der Waals surface area contributed by atoms with Crippen LogP contribution >= 0.6 is 0 Å². The van der Waals surface area contributed by atoms with Crippen LogP contribution in [0.25, 0.3) is 0 Å². The van der Waals surface area contributed by atoms with Crippen LogP contribution in [0.15, 0.2) is 10.9 Å². The van der Waals surface area contributed by atoms with Crippen molar-refractivity contribution >= 4 is 0 Å². The van der Waals surface area contributed by atoms with Crippen LogP contribution in [0.3, 0.4) is 0 Å². The molecule has 2 saturated carbocycles. The van der Waals surface area contributed by atoms with Crippen molar-refractivity contribution in [3.8, 4) is 0 Å². The molecule has 0 radical (unpaired) electrons. The van der Waals surface area contributed by atoms with Crippen molar-refractivity contribution < 1.29 is 0 Å². The van der Waals surface area contributed by atoms with Gasteiger partial charge in [0.25, 0.3) is 5.56 Å². The largest absolute Gasteiger partial charge is 0.310 e. The van der Waals surface area contributed by atoms with Crippen LogP contribution in [0.4, 0.5) is 0 Å². The first-order chi connectivity index (χ1) is 7.67. The number of H-pyrrole nitrogens is 1. The molecular formula is C13H18N2O. The van der Waals surface area contributed by atoms with Gasteiger partial charge < -0.3 is 4.98 Å². The molecule has 1 aromatic heterocycles. The summed E-state index contributed by atoms with van der Waals surface area (Å²) in [4.78, 5) is 19.2. The minimum atomic E-state index is 0.0278. The van der Waals surface area contributed by atoms with Gasteiger partial charge in [0, 0.05) is 17.4 Å². The van der Waals surface area contributed by atoms with Crippen molar-refractivity contribution in [3.63, 3.8) is 0 Å². The molecule has 16 heavy (non-hydrogen) atoms. The molecule has 2 fully saturated rings. The molecule has 0 aliphatic heterocycles. The number of nitrogens with one attached hydrogen (secondary N) is 1. The van der Waals surface area contributed by atoms with Gasteiger partial charge in [-0.25, -0.2) is 4.98 Å². The normalized spacial score (nSPS) is 23.6. The van der Waals surface area contributed by atoms with E-state index in [-0.39, 0.29) is 11.0 Å². The predicted molar refractivity (Wildman–Crippen MR) is 62.7 cm³/mol. The molecular weight excluding hydrogens is 200 g/mol. The summed E-state index contributed by atoms with van der Waals surface area (Å²) in [6.07, 6.45) is 7.28. The van der Waals surface area contributed by atoms with E-state index in [1.54, 1.807) is 6.07 Å². The zero-order chi connectivity index (χ0) is 11.2. The van der Waals surface area contributed by atoms with E-state index in [1.165, 1.54) is 25.7 Å². The Balaban J connectivity index is 1.99. The second-order valence-electron chi connectivity index (χ2n) is 5.56. The molecule has 0 bridgehead atoms. The van der Waals surface area contributed by atoms with Gasteiger partial charge in [-0.2, -0.15) is 0 Å². The lowest BCUT2D eigenvalue weighted by molar-refractivity contribution is 0.644.